The molecule has 4 nitrogen and oxygen atoms in total. The quantitative estimate of drug-likeness (QED) is 0.470. The second-order valence-corrected chi connectivity index (χ2v) is 9.89. The van der Waals surface area contributed by atoms with Crippen LogP contribution in [0.4, 0.5) is 4.39 Å². The lowest BCUT2D eigenvalue weighted by atomic mass is 9.63. The molecule has 1 amide bonds. The molecule has 0 N–H and O–H groups in total. The second kappa shape index (κ2) is 10.2. The van der Waals surface area contributed by atoms with Gasteiger partial charge in [-0.25, -0.2) is 9.37 Å². The molecule has 0 saturated heterocycles. The van der Waals surface area contributed by atoms with E-state index in [0.717, 1.165) is 50.8 Å². The average molecular weight is 458 g/mol. The van der Waals surface area contributed by atoms with E-state index in [0.29, 0.717) is 19.5 Å². The van der Waals surface area contributed by atoms with E-state index in [1.165, 1.54) is 5.57 Å². The van der Waals surface area contributed by atoms with E-state index in [1.54, 1.807) is 18.3 Å². The first-order valence-corrected chi connectivity index (χ1v) is 12.2. The van der Waals surface area contributed by atoms with Gasteiger partial charge in [-0.2, -0.15) is 0 Å². The largest absolute Gasteiger partial charge is 0.337 e. The lowest BCUT2D eigenvalue weighted by Gasteiger charge is -2.44. The van der Waals surface area contributed by atoms with E-state index in [1.807, 2.05) is 34.9 Å². The van der Waals surface area contributed by atoms with Crippen LogP contribution in [0.3, 0.4) is 0 Å². The molecule has 32 heavy (non-hydrogen) atoms. The summed E-state index contributed by atoms with van der Waals surface area (Å²) in [4.78, 5) is 20.7. The fourth-order valence-electron chi connectivity index (χ4n) is 5.30. The predicted molar refractivity (Wildman–Crippen MR) is 127 cm³/mol. The highest BCUT2D eigenvalue weighted by atomic mass is 35.5. The molecular formula is C26H33ClFN3O. The van der Waals surface area contributed by atoms with Gasteiger partial charge in [0.15, 0.2) is 0 Å². The van der Waals surface area contributed by atoms with Gasteiger partial charge in [-0.05, 0) is 50.2 Å². The number of allylic oxidation sites excluding steroid dienone is 7. The Kier molecular flexibility index (Phi) is 7.34. The zero-order chi connectivity index (χ0) is 22.6. The molecule has 3 aliphatic carbocycles. The Labute approximate surface area is 195 Å². The van der Waals surface area contributed by atoms with Crippen molar-refractivity contribution < 1.29 is 9.18 Å². The minimum Gasteiger partial charge on any atom is -0.337 e. The lowest BCUT2D eigenvalue weighted by molar-refractivity contribution is -0.148. The number of amides is 1. The van der Waals surface area contributed by atoms with E-state index in [-0.39, 0.29) is 23.0 Å². The van der Waals surface area contributed by atoms with Crippen molar-refractivity contribution in [2.24, 2.45) is 18.4 Å². The Morgan fingerprint density at radius 3 is 2.66 bits per heavy atom. The third-order valence-corrected chi connectivity index (χ3v) is 7.59. The summed E-state index contributed by atoms with van der Waals surface area (Å²) < 4.78 is 15.7. The number of imidazole rings is 1. The van der Waals surface area contributed by atoms with Gasteiger partial charge in [-0.3, -0.25) is 4.79 Å². The number of carbonyl (C=O) groups excluding carboxylic acids is 1. The highest BCUT2D eigenvalue weighted by Gasteiger charge is 2.47. The molecule has 1 saturated carbocycles. The van der Waals surface area contributed by atoms with Gasteiger partial charge in [0.1, 0.15) is 11.7 Å². The van der Waals surface area contributed by atoms with Crippen molar-refractivity contribution in [3.63, 3.8) is 0 Å². The Morgan fingerprint density at radius 1 is 1.22 bits per heavy atom. The second-order valence-electron chi connectivity index (χ2n) is 9.33. The van der Waals surface area contributed by atoms with Crippen LogP contribution in [0.25, 0.3) is 0 Å². The molecule has 2 unspecified atom stereocenters. The van der Waals surface area contributed by atoms with Crippen molar-refractivity contribution in [2.45, 2.75) is 63.3 Å². The number of alkyl halides is 1. The number of hydrogen-bond donors (Lipinski definition) is 0. The SMILES string of the molecule is Cn1ccnc1CN(CCC1=CCC(Cl)C=C1)C(=O)C1(C2C=CC(F)=CC2)CCCCC1. The van der Waals surface area contributed by atoms with Gasteiger partial charge < -0.3 is 9.47 Å². The maximum Gasteiger partial charge on any atom is 0.229 e. The average Bonchev–Trinajstić information content (AvgIpc) is 3.22. The van der Waals surface area contributed by atoms with Crippen molar-refractivity contribution in [2.75, 3.05) is 6.54 Å². The topological polar surface area (TPSA) is 38.1 Å². The zero-order valence-electron chi connectivity index (χ0n) is 18.9. The number of aryl methyl sites for hydroxylation is 1. The summed E-state index contributed by atoms with van der Waals surface area (Å²) in [5.41, 5.74) is 0.759. The molecule has 0 aromatic carbocycles. The van der Waals surface area contributed by atoms with Crippen LogP contribution in [0.2, 0.25) is 0 Å². The van der Waals surface area contributed by atoms with Crippen molar-refractivity contribution in [3.05, 3.63) is 66.1 Å². The van der Waals surface area contributed by atoms with E-state index >= 15 is 0 Å². The van der Waals surface area contributed by atoms with Crippen LogP contribution in [-0.4, -0.2) is 32.3 Å². The van der Waals surface area contributed by atoms with Crippen LogP contribution in [0.5, 0.6) is 0 Å². The maximum absolute atomic E-state index is 14.2. The standard InChI is InChI=1S/C26H33ClFN3O/c1-30-18-16-29-24(30)19-31(17-13-20-5-9-22(27)10-6-20)25(32)26(14-3-2-4-15-26)21-7-11-23(28)12-8-21/h5-7,9,11-12,16,18,21-22H,2-4,8,10,13-15,17,19H2,1H3. The van der Waals surface area contributed by atoms with E-state index in [9.17, 15) is 9.18 Å². The number of halogens is 2. The molecule has 0 bridgehead atoms. The van der Waals surface area contributed by atoms with Crippen LogP contribution in [-0.2, 0) is 18.4 Å². The Balaban J connectivity index is 1.58. The van der Waals surface area contributed by atoms with Gasteiger partial charge >= 0.3 is 0 Å². The number of carbonyl (C=O) groups is 1. The van der Waals surface area contributed by atoms with Crippen LogP contribution in [0, 0.1) is 11.3 Å². The van der Waals surface area contributed by atoms with Crippen LogP contribution in [0.15, 0.2) is 60.2 Å². The first-order chi connectivity index (χ1) is 15.5. The summed E-state index contributed by atoms with van der Waals surface area (Å²) in [5, 5.41) is 0.0566. The third-order valence-electron chi connectivity index (χ3n) is 7.27. The first-order valence-electron chi connectivity index (χ1n) is 11.8. The van der Waals surface area contributed by atoms with Crippen molar-refractivity contribution in [1.82, 2.24) is 14.5 Å². The number of hydrogen-bond acceptors (Lipinski definition) is 2. The van der Waals surface area contributed by atoms with Crippen LogP contribution < -0.4 is 0 Å². The Hall–Kier alpha value is -2.14. The van der Waals surface area contributed by atoms with E-state index < -0.39 is 5.41 Å². The summed E-state index contributed by atoms with van der Waals surface area (Å²) in [6.45, 7) is 1.12. The van der Waals surface area contributed by atoms with Gasteiger partial charge in [-0.15, -0.1) is 11.6 Å². The molecular weight excluding hydrogens is 425 g/mol. The zero-order valence-corrected chi connectivity index (χ0v) is 19.6. The van der Waals surface area contributed by atoms with Crippen molar-refractivity contribution in [3.8, 4) is 0 Å². The molecule has 4 rings (SSSR count). The highest BCUT2D eigenvalue weighted by molar-refractivity contribution is 6.22. The van der Waals surface area contributed by atoms with E-state index in [4.69, 9.17) is 11.6 Å². The van der Waals surface area contributed by atoms with Gasteiger partial charge in [-0.1, -0.05) is 49.1 Å². The Bertz CT molecular complexity index is 939. The highest BCUT2D eigenvalue weighted by Crippen LogP contribution is 2.47. The maximum atomic E-state index is 14.2. The summed E-state index contributed by atoms with van der Waals surface area (Å²) in [6.07, 6.45) is 22.3. The molecule has 3 aliphatic rings. The molecule has 6 heteroatoms. The smallest absolute Gasteiger partial charge is 0.229 e. The molecule has 0 radical (unpaired) electrons. The van der Waals surface area contributed by atoms with Gasteiger partial charge in [0.05, 0.1) is 17.3 Å². The molecule has 172 valence electrons. The number of aromatic nitrogens is 2. The summed E-state index contributed by atoms with van der Waals surface area (Å²) in [6, 6.07) is 0. The molecule has 0 spiro atoms. The molecule has 1 aromatic rings. The monoisotopic (exact) mass is 457 g/mol. The number of rotatable bonds is 7. The lowest BCUT2D eigenvalue weighted by Crippen LogP contribution is -2.49. The van der Waals surface area contributed by atoms with Crippen LogP contribution in [0.1, 0.15) is 57.2 Å². The molecule has 1 fully saturated rings. The minimum absolute atomic E-state index is 0.0458. The third kappa shape index (κ3) is 5.09. The first kappa shape index (κ1) is 23.0. The predicted octanol–water partition coefficient (Wildman–Crippen LogP) is 6.01. The summed E-state index contributed by atoms with van der Waals surface area (Å²) in [5.74, 6) is 0.923. The molecule has 0 aliphatic heterocycles. The molecule has 1 heterocycles. The van der Waals surface area contributed by atoms with Crippen molar-refractivity contribution >= 4 is 17.5 Å². The minimum atomic E-state index is -0.463. The Morgan fingerprint density at radius 2 is 2.03 bits per heavy atom. The number of nitrogens with zero attached hydrogens (tertiary/aromatic N) is 3. The summed E-state index contributed by atoms with van der Waals surface area (Å²) in [7, 11) is 1.96. The van der Waals surface area contributed by atoms with Crippen LogP contribution >= 0.6 is 11.6 Å². The van der Waals surface area contributed by atoms with Crippen molar-refractivity contribution in [1.29, 1.82) is 0 Å². The van der Waals surface area contributed by atoms with Gasteiger partial charge in [0.25, 0.3) is 0 Å². The fourth-order valence-corrected chi connectivity index (χ4v) is 5.47. The normalized spacial score (nSPS) is 24.7. The molecule has 2 atom stereocenters. The summed E-state index contributed by atoms with van der Waals surface area (Å²) >= 11 is 6.18. The van der Waals surface area contributed by atoms with Gasteiger partial charge in [0, 0.05) is 26.0 Å². The molecule has 1 aromatic heterocycles. The van der Waals surface area contributed by atoms with Gasteiger partial charge in [0.2, 0.25) is 5.91 Å². The van der Waals surface area contributed by atoms with E-state index in [2.05, 4.69) is 17.1 Å². The fraction of sp³-hybridized carbons (Fsp3) is 0.538.